The predicted octanol–water partition coefficient (Wildman–Crippen LogP) is 1.82. The average molecular weight is 252 g/mol. The van der Waals surface area contributed by atoms with Crippen LogP contribution < -0.4 is 5.32 Å². The fourth-order valence-electron chi connectivity index (χ4n) is 1.40. The molecule has 2 rings (SSSR count). The third-order valence-corrected chi connectivity index (χ3v) is 2.78. The molecule has 0 saturated heterocycles. The molecular weight excluding hydrogens is 242 g/mol. The maximum atomic E-state index is 11.8. The molecule has 1 aromatic carbocycles. The molecule has 1 N–H and O–H groups in total. The molecule has 88 valence electrons. The Labute approximate surface area is 103 Å². The van der Waals surface area contributed by atoms with Crippen molar-refractivity contribution in [2.45, 2.75) is 6.92 Å². The summed E-state index contributed by atoms with van der Waals surface area (Å²) in [5.41, 5.74) is 1.80. The van der Waals surface area contributed by atoms with Gasteiger partial charge in [0.05, 0.1) is 5.70 Å². The minimum Gasteiger partial charge on any atom is -0.456 e. The Bertz CT molecular complexity index is 522. The number of aryl methyl sites for hydroxylation is 1. The van der Waals surface area contributed by atoms with Crippen LogP contribution in [0.1, 0.15) is 15.9 Å². The van der Waals surface area contributed by atoms with Crippen LogP contribution in [-0.4, -0.2) is 18.5 Å². The monoisotopic (exact) mass is 251 g/mol. The highest BCUT2D eigenvalue weighted by atomic mass is 35.5. The van der Waals surface area contributed by atoms with E-state index in [1.54, 1.807) is 18.2 Å². The number of nitrogens with one attached hydrogen (secondary N) is 1. The van der Waals surface area contributed by atoms with Gasteiger partial charge in [0.1, 0.15) is 6.61 Å². The van der Waals surface area contributed by atoms with E-state index in [0.29, 0.717) is 16.3 Å². The van der Waals surface area contributed by atoms with Gasteiger partial charge >= 0.3 is 5.97 Å². The van der Waals surface area contributed by atoms with Crippen LogP contribution in [0, 0.1) is 6.92 Å². The van der Waals surface area contributed by atoms with Crippen molar-refractivity contribution >= 4 is 23.5 Å². The van der Waals surface area contributed by atoms with E-state index in [9.17, 15) is 9.59 Å². The van der Waals surface area contributed by atoms with E-state index in [4.69, 9.17) is 11.6 Å². The number of cyclic esters (lactones) is 1. The summed E-state index contributed by atoms with van der Waals surface area (Å²) in [7, 11) is 0. The number of halogens is 1. The second-order valence-electron chi connectivity index (χ2n) is 3.70. The molecule has 0 aliphatic carbocycles. The van der Waals surface area contributed by atoms with Gasteiger partial charge < -0.3 is 10.1 Å². The number of amides is 1. The summed E-state index contributed by atoms with van der Waals surface area (Å²) in [4.78, 5) is 22.6. The maximum absolute atomic E-state index is 11.8. The molecule has 0 radical (unpaired) electrons. The topological polar surface area (TPSA) is 55.4 Å². The largest absolute Gasteiger partial charge is 0.456 e. The lowest BCUT2D eigenvalue weighted by Crippen LogP contribution is -2.23. The average Bonchev–Trinajstić information content (AvgIpc) is 2.68. The van der Waals surface area contributed by atoms with Gasteiger partial charge in [-0.3, -0.25) is 4.79 Å². The number of esters is 1. The Morgan fingerprint density at radius 2 is 2.24 bits per heavy atom. The molecule has 4 nitrogen and oxygen atoms in total. The zero-order chi connectivity index (χ0) is 12.4. The first-order valence-electron chi connectivity index (χ1n) is 5.01. The molecule has 1 aliphatic rings. The fourth-order valence-corrected chi connectivity index (χ4v) is 1.58. The van der Waals surface area contributed by atoms with Gasteiger partial charge in [-0.05, 0) is 24.6 Å². The lowest BCUT2D eigenvalue weighted by atomic mass is 10.1. The maximum Gasteiger partial charge on any atom is 0.333 e. The van der Waals surface area contributed by atoms with E-state index in [1.807, 2.05) is 6.92 Å². The number of carbonyl (C=O) groups is 2. The third kappa shape index (κ3) is 2.65. The molecular formula is C12H10ClNO3. The Hall–Kier alpha value is -1.81. The van der Waals surface area contributed by atoms with Gasteiger partial charge in [0.25, 0.3) is 5.91 Å². The summed E-state index contributed by atoms with van der Waals surface area (Å²) in [6.45, 7) is 1.96. The second kappa shape index (κ2) is 4.59. The first-order valence-corrected chi connectivity index (χ1v) is 5.39. The lowest BCUT2D eigenvalue weighted by Gasteiger charge is -2.06. The summed E-state index contributed by atoms with van der Waals surface area (Å²) in [5, 5.41) is 3.12. The van der Waals surface area contributed by atoms with Crippen LogP contribution in [0.4, 0.5) is 0 Å². The Morgan fingerprint density at radius 3 is 2.82 bits per heavy atom. The summed E-state index contributed by atoms with van der Waals surface area (Å²) in [5.74, 6) is -0.751. The molecule has 0 saturated carbocycles. The number of rotatable bonds is 2. The van der Waals surface area contributed by atoms with Gasteiger partial charge in [-0.25, -0.2) is 4.79 Å². The van der Waals surface area contributed by atoms with Gasteiger partial charge in [0, 0.05) is 16.7 Å². The Balaban J connectivity index is 2.12. The van der Waals surface area contributed by atoms with Gasteiger partial charge in [0.2, 0.25) is 0 Å². The number of carbonyl (C=O) groups excluding carboxylic acids is 2. The fraction of sp³-hybridized carbons (Fsp3) is 0.167. The van der Waals surface area contributed by atoms with Crippen LogP contribution >= 0.6 is 11.6 Å². The van der Waals surface area contributed by atoms with Crippen molar-refractivity contribution in [2.24, 2.45) is 0 Å². The summed E-state index contributed by atoms with van der Waals surface area (Å²) in [6.07, 6.45) is 1.26. The number of hydrogen-bond acceptors (Lipinski definition) is 3. The second-order valence-corrected chi connectivity index (χ2v) is 4.10. The normalized spacial score (nSPS) is 14.2. The Morgan fingerprint density at radius 1 is 1.47 bits per heavy atom. The molecule has 0 unspecified atom stereocenters. The highest BCUT2D eigenvalue weighted by Crippen LogP contribution is 2.17. The zero-order valence-corrected chi connectivity index (χ0v) is 9.88. The standard InChI is InChI=1S/C12H10ClNO3/c1-7-2-3-8(4-10(7)13)12(16)14-9-5-11(15)17-6-9/h2-5H,6H2,1H3,(H,14,16). The Kier molecular flexibility index (Phi) is 3.15. The van der Waals surface area contributed by atoms with Crippen molar-refractivity contribution in [2.75, 3.05) is 6.61 Å². The molecule has 0 atom stereocenters. The van der Waals surface area contributed by atoms with E-state index in [-0.39, 0.29) is 12.5 Å². The first-order chi connectivity index (χ1) is 8.06. The minimum absolute atomic E-state index is 0.101. The molecule has 0 fully saturated rings. The van der Waals surface area contributed by atoms with E-state index in [2.05, 4.69) is 10.1 Å². The van der Waals surface area contributed by atoms with E-state index in [0.717, 1.165) is 5.56 Å². The van der Waals surface area contributed by atoms with Gasteiger partial charge in [-0.1, -0.05) is 17.7 Å². The summed E-state index contributed by atoms with van der Waals surface area (Å²) in [6, 6.07) is 5.03. The molecule has 0 aromatic heterocycles. The predicted molar refractivity (Wildman–Crippen MR) is 62.7 cm³/mol. The third-order valence-electron chi connectivity index (χ3n) is 2.37. The molecule has 1 aromatic rings. The zero-order valence-electron chi connectivity index (χ0n) is 9.12. The van der Waals surface area contributed by atoms with Crippen molar-refractivity contribution in [3.8, 4) is 0 Å². The van der Waals surface area contributed by atoms with E-state index >= 15 is 0 Å². The van der Waals surface area contributed by atoms with Crippen molar-refractivity contribution in [1.82, 2.24) is 5.32 Å². The van der Waals surface area contributed by atoms with Crippen molar-refractivity contribution in [1.29, 1.82) is 0 Å². The van der Waals surface area contributed by atoms with Gasteiger partial charge in [-0.2, -0.15) is 0 Å². The van der Waals surface area contributed by atoms with E-state index < -0.39 is 5.97 Å². The smallest absolute Gasteiger partial charge is 0.333 e. The molecule has 5 heteroatoms. The van der Waals surface area contributed by atoms with Crippen LogP contribution in [0.15, 0.2) is 30.0 Å². The number of hydrogen-bond donors (Lipinski definition) is 1. The molecule has 0 bridgehead atoms. The van der Waals surface area contributed by atoms with Crippen LogP contribution in [0.25, 0.3) is 0 Å². The lowest BCUT2D eigenvalue weighted by molar-refractivity contribution is -0.134. The van der Waals surface area contributed by atoms with Gasteiger partial charge in [0.15, 0.2) is 0 Å². The first kappa shape index (κ1) is 11.7. The SMILES string of the molecule is Cc1ccc(C(=O)NC2=CC(=O)OC2)cc1Cl. The van der Waals surface area contributed by atoms with E-state index in [1.165, 1.54) is 6.08 Å². The van der Waals surface area contributed by atoms with Crippen LogP contribution in [-0.2, 0) is 9.53 Å². The molecule has 0 spiro atoms. The molecule has 17 heavy (non-hydrogen) atoms. The van der Waals surface area contributed by atoms with Crippen molar-refractivity contribution in [3.63, 3.8) is 0 Å². The number of ether oxygens (including phenoxy) is 1. The highest BCUT2D eigenvalue weighted by Gasteiger charge is 2.16. The quantitative estimate of drug-likeness (QED) is 0.816. The van der Waals surface area contributed by atoms with Crippen LogP contribution in [0.5, 0.6) is 0 Å². The molecule has 1 heterocycles. The van der Waals surface area contributed by atoms with Crippen LogP contribution in [0.3, 0.4) is 0 Å². The highest BCUT2D eigenvalue weighted by molar-refractivity contribution is 6.31. The van der Waals surface area contributed by atoms with Crippen molar-refractivity contribution in [3.05, 3.63) is 46.1 Å². The summed E-state index contributed by atoms with van der Waals surface area (Å²) >= 11 is 5.92. The van der Waals surface area contributed by atoms with Crippen LogP contribution in [0.2, 0.25) is 5.02 Å². The molecule has 1 amide bonds. The number of benzene rings is 1. The molecule has 1 aliphatic heterocycles. The van der Waals surface area contributed by atoms with Crippen molar-refractivity contribution < 1.29 is 14.3 Å². The van der Waals surface area contributed by atoms with Gasteiger partial charge in [-0.15, -0.1) is 0 Å². The minimum atomic E-state index is -0.442. The summed E-state index contributed by atoms with van der Waals surface area (Å²) < 4.78 is 4.67.